The molecule has 1 aromatic heterocycles. The number of rotatable bonds is 3. The van der Waals surface area contributed by atoms with E-state index in [1.807, 2.05) is 60.4 Å². The highest BCUT2D eigenvalue weighted by atomic mass is 79.9. The predicted molar refractivity (Wildman–Crippen MR) is 103 cm³/mol. The molecule has 128 valence electrons. The molecule has 0 bridgehead atoms. The number of carbonyl (C=O) groups is 1. The standard InChI is InChI=1S/C20H19BrN2O2/c1-13-17-11-14(21)7-8-18(17)25-19(13)20(24)23-10-9-16(12-23)22-15-5-3-2-4-6-15/h2-8,11,16,22H,9-10,12H2,1H3. The molecule has 1 amide bonds. The van der Waals surface area contributed by atoms with Gasteiger partial charge in [-0.3, -0.25) is 4.79 Å². The molecule has 25 heavy (non-hydrogen) atoms. The Kier molecular flexibility index (Phi) is 4.25. The van der Waals surface area contributed by atoms with Gasteiger partial charge < -0.3 is 14.6 Å². The van der Waals surface area contributed by atoms with Crippen LogP contribution in [0.15, 0.2) is 57.4 Å². The van der Waals surface area contributed by atoms with E-state index in [0.717, 1.165) is 39.7 Å². The van der Waals surface area contributed by atoms with Crippen LogP contribution in [0, 0.1) is 6.92 Å². The van der Waals surface area contributed by atoms with Crippen molar-refractivity contribution < 1.29 is 9.21 Å². The third-order valence-corrected chi connectivity index (χ3v) is 5.21. The van der Waals surface area contributed by atoms with Crippen LogP contribution in [0.2, 0.25) is 0 Å². The molecule has 1 atom stereocenters. The predicted octanol–water partition coefficient (Wildman–Crippen LogP) is 4.83. The first-order chi connectivity index (χ1) is 12.1. The molecule has 1 N–H and O–H groups in total. The van der Waals surface area contributed by atoms with Gasteiger partial charge in [0.25, 0.3) is 5.91 Å². The van der Waals surface area contributed by atoms with Gasteiger partial charge >= 0.3 is 0 Å². The minimum Gasteiger partial charge on any atom is -0.451 e. The molecule has 1 aliphatic rings. The highest BCUT2D eigenvalue weighted by molar-refractivity contribution is 9.10. The molecule has 1 saturated heterocycles. The van der Waals surface area contributed by atoms with E-state index in [2.05, 4.69) is 21.2 Å². The molecular formula is C20H19BrN2O2. The number of amides is 1. The largest absolute Gasteiger partial charge is 0.451 e. The summed E-state index contributed by atoms with van der Waals surface area (Å²) in [7, 11) is 0. The van der Waals surface area contributed by atoms with Crippen molar-refractivity contribution in [2.24, 2.45) is 0 Å². The fourth-order valence-corrected chi connectivity index (χ4v) is 3.73. The molecule has 4 nitrogen and oxygen atoms in total. The van der Waals surface area contributed by atoms with E-state index in [1.165, 1.54) is 0 Å². The van der Waals surface area contributed by atoms with Gasteiger partial charge in [0.2, 0.25) is 0 Å². The molecule has 0 radical (unpaired) electrons. The number of aryl methyl sites for hydroxylation is 1. The lowest BCUT2D eigenvalue weighted by molar-refractivity contribution is 0.0761. The van der Waals surface area contributed by atoms with Crippen LogP contribution in [-0.4, -0.2) is 29.9 Å². The summed E-state index contributed by atoms with van der Waals surface area (Å²) in [6, 6.07) is 16.2. The molecule has 4 rings (SSSR count). The summed E-state index contributed by atoms with van der Waals surface area (Å²) in [5.41, 5.74) is 2.74. The maximum Gasteiger partial charge on any atom is 0.289 e. The molecule has 5 heteroatoms. The zero-order valence-corrected chi connectivity index (χ0v) is 15.5. The lowest BCUT2D eigenvalue weighted by Gasteiger charge is -2.17. The molecular weight excluding hydrogens is 380 g/mol. The van der Waals surface area contributed by atoms with Gasteiger partial charge in [0, 0.05) is 40.2 Å². The van der Waals surface area contributed by atoms with Gasteiger partial charge in [0.05, 0.1) is 0 Å². The minimum absolute atomic E-state index is 0.0258. The van der Waals surface area contributed by atoms with Crippen molar-refractivity contribution >= 4 is 38.5 Å². The van der Waals surface area contributed by atoms with Crippen LogP contribution in [-0.2, 0) is 0 Å². The number of nitrogens with one attached hydrogen (secondary N) is 1. The topological polar surface area (TPSA) is 45.5 Å². The third-order valence-electron chi connectivity index (χ3n) is 4.71. The van der Waals surface area contributed by atoms with E-state index < -0.39 is 0 Å². The number of benzene rings is 2. The number of fused-ring (bicyclic) bond motifs is 1. The number of likely N-dealkylation sites (tertiary alicyclic amines) is 1. The summed E-state index contributed by atoms with van der Waals surface area (Å²) in [6.07, 6.45) is 0.936. The average molecular weight is 399 g/mol. The number of furan rings is 1. The Balaban J connectivity index is 1.51. The van der Waals surface area contributed by atoms with Crippen LogP contribution < -0.4 is 5.32 Å². The number of hydrogen-bond donors (Lipinski definition) is 1. The average Bonchev–Trinajstić information content (AvgIpc) is 3.21. The summed E-state index contributed by atoms with van der Waals surface area (Å²) < 4.78 is 6.83. The molecule has 1 fully saturated rings. The number of nitrogens with zero attached hydrogens (tertiary/aromatic N) is 1. The normalized spacial score (nSPS) is 17.2. The zero-order chi connectivity index (χ0) is 17.4. The summed E-state index contributed by atoms with van der Waals surface area (Å²) in [6.45, 7) is 3.37. The Hall–Kier alpha value is -2.27. The molecule has 1 unspecified atom stereocenters. The maximum atomic E-state index is 12.9. The van der Waals surface area contributed by atoms with Crippen LogP contribution in [0.1, 0.15) is 22.5 Å². The van der Waals surface area contributed by atoms with Crippen LogP contribution >= 0.6 is 15.9 Å². The van der Waals surface area contributed by atoms with Crippen molar-refractivity contribution in [1.29, 1.82) is 0 Å². The number of anilines is 1. The Morgan fingerprint density at radius 3 is 2.84 bits per heavy atom. The third kappa shape index (κ3) is 3.16. The van der Waals surface area contributed by atoms with E-state index in [-0.39, 0.29) is 11.9 Å². The summed E-state index contributed by atoms with van der Waals surface area (Å²) in [4.78, 5) is 14.8. The Morgan fingerprint density at radius 1 is 1.24 bits per heavy atom. The molecule has 0 aliphatic carbocycles. The van der Waals surface area contributed by atoms with E-state index in [9.17, 15) is 4.79 Å². The summed E-state index contributed by atoms with van der Waals surface area (Å²) >= 11 is 3.47. The fraction of sp³-hybridized carbons (Fsp3) is 0.250. The fourth-order valence-electron chi connectivity index (χ4n) is 3.37. The van der Waals surface area contributed by atoms with Gasteiger partial charge in [-0.05, 0) is 43.7 Å². The lowest BCUT2D eigenvalue weighted by Crippen LogP contribution is -2.31. The number of carbonyl (C=O) groups excluding carboxylic acids is 1. The first kappa shape index (κ1) is 16.2. The van der Waals surface area contributed by atoms with Crippen molar-refractivity contribution in [3.63, 3.8) is 0 Å². The Bertz CT molecular complexity index is 920. The van der Waals surface area contributed by atoms with Crippen LogP contribution in [0.5, 0.6) is 0 Å². The molecule has 1 aliphatic heterocycles. The number of hydrogen-bond acceptors (Lipinski definition) is 3. The quantitative estimate of drug-likeness (QED) is 0.686. The smallest absolute Gasteiger partial charge is 0.289 e. The zero-order valence-electron chi connectivity index (χ0n) is 14.0. The highest BCUT2D eigenvalue weighted by Crippen LogP contribution is 2.29. The van der Waals surface area contributed by atoms with Gasteiger partial charge in [-0.2, -0.15) is 0 Å². The van der Waals surface area contributed by atoms with E-state index in [1.54, 1.807) is 0 Å². The van der Waals surface area contributed by atoms with Gasteiger partial charge in [-0.15, -0.1) is 0 Å². The SMILES string of the molecule is Cc1c(C(=O)N2CCC(Nc3ccccc3)C2)oc2ccc(Br)cc12. The van der Waals surface area contributed by atoms with Crippen molar-refractivity contribution in [3.8, 4) is 0 Å². The van der Waals surface area contributed by atoms with Crippen LogP contribution in [0.3, 0.4) is 0 Å². The number of para-hydroxylation sites is 1. The van der Waals surface area contributed by atoms with Gasteiger partial charge in [0.15, 0.2) is 5.76 Å². The lowest BCUT2D eigenvalue weighted by atomic mass is 10.1. The maximum absolute atomic E-state index is 12.9. The highest BCUT2D eigenvalue weighted by Gasteiger charge is 2.30. The number of halogens is 1. The van der Waals surface area contributed by atoms with E-state index in [4.69, 9.17) is 4.42 Å². The Morgan fingerprint density at radius 2 is 2.04 bits per heavy atom. The second kappa shape index (κ2) is 6.56. The monoisotopic (exact) mass is 398 g/mol. The van der Waals surface area contributed by atoms with Crippen molar-refractivity contribution in [1.82, 2.24) is 4.90 Å². The van der Waals surface area contributed by atoms with Crippen molar-refractivity contribution in [3.05, 3.63) is 64.3 Å². The summed E-state index contributed by atoms with van der Waals surface area (Å²) in [5, 5.41) is 4.48. The van der Waals surface area contributed by atoms with Crippen LogP contribution in [0.4, 0.5) is 5.69 Å². The van der Waals surface area contributed by atoms with Crippen LogP contribution in [0.25, 0.3) is 11.0 Å². The molecule has 2 aromatic carbocycles. The second-order valence-corrected chi connectivity index (χ2v) is 7.36. The minimum atomic E-state index is -0.0258. The van der Waals surface area contributed by atoms with Gasteiger partial charge in [-0.1, -0.05) is 34.1 Å². The van der Waals surface area contributed by atoms with E-state index >= 15 is 0 Å². The molecule has 0 saturated carbocycles. The van der Waals surface area contributed by atoms with E-state index in [0.29, 0.717) is 12.3 Å². The summed E-state index contributed by atoms with van der Waals surface area (Å²) in [5.74, 6) is 0.427. The van der Waals surface area contributed by atoms with Gasteiger partial charge in [-0.25, -0.2) is 0 Å². The molecule has 0 spiro atoms. The Labute approximate surface area is 154 Å². The van der Waals surface area contributed by atoms with Crippen molar-refractivity contribution in [2.75, 3.05) is 18.4 Å². The second-order valence-electron chi connectivity index (χ2n) is 6.44. The first-order valence-electron chi connectivity index (χ1n) is 8.41. The first-order valence-corrected chi connectivity index (χ1v) is 9.20. The van der Waals surface area contributed by atoms with Gasteiger partial charge in [0.1, 0.15) is 5.58 Å². The van der Waals surface area contributed by atoms with Crippen molar-refractivity contribution in [2.45, 2.75) is 19.4 Å². The molecule has 3 aromatic rings. The molecule has 2 heterocycles.